The van der Waals surface area contributed by atoms with Crippen LogP contribution in [0.4, 0.5) is 0 Å². The van der Waals surface area contributed by atoms with Crippen molar-refractivity contribution in [2.45, 2.75) is 32.9 Å². The van der Waals surface area contributed by atoms with Gasteiger partial charge in [0.2, 0.25) is 0 Å². The summed E-state index contributed by atoms with van der Waals surface area (Å²) in [7, 11) is 2.18. The number of hydrogen-bond acceptors (Lipinski definition) is 1. The normalized spacial score (nSPS) is 11.7. The van der Waals surface area contributed by atoms with E-state index in [4.69, 9.17) is 0 Å². The van der Waals surface area contributed by atoms with E-state index >= 15 is 0 Å². The lowest BCUT2D eigenvalue weighted by molar-refractivity contribution is 0.265. The molecule has 2 rings (SSSR count). The number of rotatable bonds is 6. The second-order valence-electron chi connectivity index (χ2n) is 5.79. The molecule has 0 spiro atoms. The third-order valence-corrected chi connectivity index (χ3v) is 3.87. The topological polar surface area (TPSA) is 3.24 Å². The summed E-state index contributed by atoms with van der Waals surface area (Å²) in [5.74, 6) is 0. The van der Waals surface area contributed by atoms with Gasteiger partial charge in [0.15, 0.2) is 0 Å². The van der Waals surface area contributed by atoms with E-state index in [-0.39, 0.29) is 0 Å². The van der Waals surface area contributed by atoms with E-state index in [0.717, 1.165) is 13.0 Å². The highest BCUT2D eigenvalue weighted by molar-refractivity contribution is 5.49. The van der Waals surface area contributed by atoms with E-state index in [9.17, 15) is 0 Å². The maximum absolute atomic E-state index is 2.37. The average Bonchev–Trinajstić information content (AvgIpc) is 2.50. The van der Waals surface area contributed by atoms with Crippen molar-refractivity contribution in [3.8, 4) is 0 Å². The molecule has 0 saturated carbocycles. The van der Waals surface area contributed by atoms with Crippen LogP contribution >= 0.6 is 0 Å². The fraction of sp³-hybridized carbons (Fsp3) is 0.300. The lowest BCUT2D eigenvalue weighted by Gasteiger charge is -2.22. The Bertz CT molecular complexity index is 569. The number of benzene rings is 2. The molecule has 1 nitrogen and oxygen atoms in total. The van der Waals surface area contributed by atoms with Crippen molar-refractivity contribution in [1.82, 2.24) is 4.90 Å². The highest BCUT2D eigenvalue weighted by atomic mass is 15.1. The van der Waals surface area contributed by atoms with Crippen molar-refractivity contribution in [3.05, 3.63) is 77.4 Å². The lowest BCUT2D eigenvalue weighted by atomic mass is 10.0. The lowest BCUT2D eigenvalue weighted by Crippen LogP contribution is -2.26. The van der Waals surface area contributed by atoms with E-state index in [1.54, 1.807) is 0 Å². The summed E-state index contributed by atoms with van der Waals surface area (Å²) in [6.45, 7) is 5.48. The number of nitrogens with zero attached hydrogens (tertiary/aromatic N) is 1. The van der Waals surface area contributed by atoms with Crippen molar-refractivity contribution >= 4 is 6.08 Å². The Balaban J connectivity index is 2.05. The van der Waals surface area contributed by atoms with Crippen molar-refractivity contribution in [1.29, 1.82) is 0 Å². The van der Waals surface area contributed by atoms with Gasteiger partial charge in [0, 0.05) is 12.6 Å². The van der Waals surface area contributed by atoms with Crippen LogP contribution in [-0.4, -0.2) is 18.0 Å². The molecular weight excluding hydrogens is 254 g/mol. The molecule has 0 atom stereocenters. The van der Waals surface area contributed by atoms with Crippen molar-refractivity contribution in [2.24, 2.45) is 0 Å². The van der Waals surface area contributed by atoms with E-state index < -0.39 is 0 Å². The van der Waals surface area contributed by atoms with Crippen molar-refractivity contribution in [3.63, 3.8) is 0 Å². The predicted molar refractivity (Wildman–Crippen MR) is 92.2 cm³/mol. The molecule has 0 fully saturated rings. The Hall–Kier alpha value is -1.86. The monoisotopic (exact) mass is 279 g/mol. The molecule has 0 heterocycles. The average molecular weight is 279 g/mol. The number of allylic oxidation sites excluding steroid dienone is 1. The summed E-state index contributed by atoms with van der Waals surface area (Å²) >= 11 is 0. The Morgan fingerprint density at radius 1 is 0.905 bits per heavy atom. The van der Waals surface area contributed by atoms with Crippen molar-refractivity contribution < 1.29 is 0 Å². The Labute approximate surface area is 128 Å². The summed E-state index contributed by atoms with van der Waals surface area (Å²) in [6, 6.07) is 19.8. The molecule has 1 heteroatoms. The first-order valence-electron chi connectivity index (χ1n) is 7.65. The van der Waals surface area contributed by atoms with Gasteiger partial charge < -0.3 is 0 Å². The van der Waals surface area contributed by atoms with Gasteiger partial charge in [-0.15, -0.1) is 0 Å². The van der Waals surface area contributed by atoms with Gasteiger partial charge >= 0.3 is 0 Å². The second kappa shape index (κ2) is 7.80. The molecule has 0 aliphatic carbocycles. The van der Waals surface area contributed by atoms with Gasteiger partial charge in [-0.2, -0.15) is 0 Å². The van der Waals surface area contributed by atoms with E-state index in [1.165, 1.54) is 16.7 Å². The molecule has 0 aliphatic heterocycles. The molecule has 0 aromatic heterocycles. The zero-order valence-electron chi connectivity index (χ0n) is 13.3. The molecule has 2 aromatic carbocycles. The molecule has 2 aromatic rings. The zero-order chi connectivity index (χ0) is 15.1. The third-order valence-electron chi connectivity index (χ3n) is 3.87. The van der Waals surface area contributed by atoms with E-state index in [1.807, 2.05) is 6.07 Å². The first-order valence-corrected chi connectivity index (χ1v) is 7.65. The van der Waals surface area contributed by atoms with Gasteiger partial charge in [0.25, 0.3) is 0 Å². The summed E-state index contributed by atoms with van der Waals surface area (Å²) in [5, 5.41) is 0. The van der Waals surface area contributed by atoms with Gasteiger partial charge in [-0.1, -0.05) is 66.7 Å². The molecule has 0 unspecified atom stereocenters. The predicted octanol–water partition coefficient (Wildman–Crippen LogP) is 4.78. The molecule has 0 amide bonds. The number of hydrogen-bond donors (Lipinski definition) is 0. The highest BCUT2D eigenvalue weighted by Crippen LogP contribution is 2.14. The molecule has 21 heavy (non-hydrogen) atoms. The minimum Gasteiger partial charge on any atom is -0.300 e. The highest BCUT2D eigenvalue weighted by Gasteiger charge is 2.06. The van der Waals surface area contributed by atoms with Gasteiger partial charge in [-0.25, -0.2) is 0 Å². The van der Waals surface area contributed by atoms with Crippen LogP contribution in [0.5, 0.6) is 0 Å². The molecule has 110 valence electrons. The first-order chi connectivity index (χ1) is 10.2. The Morgan fingerprint density at radius 3 is 2.19 bits per heavy atom. The fourth-order valence-electron chi connectivity index (χ4n) is 2.25. The zero-order valence-corrected chi connectivity index (χ0v) is 13.3. The first kappa shape index (κ1) is 15.5. The SMILES string of the molecule is CC(C)N(C)Cc1ccccc1C/C=C/c1ccccc1. The summed E-state index contributed by atoms with van der Waals surface area (Å²) < 4.78 is 0. The van der Waals surface area contributed by atoms with Crippen LogP contribution in [0.1, 0.15) is 30.5 Å². The smallest absolute Gasteiger partial charge is 0.0236 e. The fourth-order valence-corrected chi connectivity index (χ4v) is 2.25. The Morgan fingerprint density at radius 2 is 1.52 bits per heavy atom. The van der Waals surface area contributed by atoms with Crippen LogP contribution in [-0.2, 0) is 13.0 Å². The molecule has 0 N–H and O–H groups in total. The van der Waals surface area contributed by atoms with E-state index in [2.05, 4.69) is 86.5 Å². The third kappa shape index (κ3) is 4.87. The van der Waals surface area contributed by atoms with Crippen LogP contribution in [0.15, 0.2) is 60.7 Å². The summed E-state index contributed by atoms with van der Waals surface area (Å²) in [6.07, 6.45) is 5.43. The van der Waals surface area contributed by atoms with Gasteiger partial charge in [-0.05, 0) is 44.0 Å². The quantitative estimate of drug-likeness (QED) is 0.735. The largest absolute Gasteiger partial charge is 0.300 e. The van der Waals surface area contributed by atoms with Crippen LogP contribution < -0.4 is 0 Å². The van der Waals surface area contributed by atoms with Crippen molar-refractivity contribution in [2.75, 3.05) is 7.05 Å². The van der Waals surface area contributed by atoms with Gasteiger partial charge in [-0.3, -0.25) is 4.90 Å². The standard InChI is InChI=1S/C20H25N/c1-17(2)21(3)16-20-14-8-7-13-19(20)15-9-12-18-10-5-4-6-11-18/h4-14,17H,15-16H2,1-3H3/b12-9+. The molecule has 0 aliphatic rings. The van der Waals surface area contributed by atoms with Crippen LogP contribution in [0.2, 0.25) is 0 Å². The minimum absolute atomic E-state index is 0.568. The van der Waals surface area contributed by atoms with Gasteiger partial charge in [0.05, 0.1) is 0 Å². The van der Waals surface area contributed by atoms with Gasteiger partial charge in [0.1, 0.15) is 0 Å². The molecule has 0 bridgehead atoms. The summed E-state index contributed by atoms with van der Waals surface area (Å²) in [5.41, 5.74) is 4.10. The Kier molecular flexibility index (Phi) is 5.77. The van der Waals surface area contributed by atoms with Crippen LogP contribution in [0.25, 0.3) is 6.08 Å². The maximum Gasteiger partial charge on any atom is 0.0236 e. The second-order valence-corrected chi connectivity index (χ2v) is 5.79. The maximum atomic E-state index is 2.37. The van der Waals surface area contributed by atoms with E-state index in [0.29, 0.717) is 6.04 Å². The summed E-state index contributed by atoms with van der Waals surface area (Å²) in [4.78, 5) is 2.37. The van der Waals surface area contributed by atoms with Crippen LogP contribution in [0.3, 0.4) is 0 Å². The molecular formula is C20H25N. The molecule has 0 saturated heterocycles. The minimum atomic E-state index is 0.568. The molecule has 0 radical (unpaired) electrons. The van der Waals surface area contributed by atoms with Crippen LogP contribution in [0, 0.1) is 0 Å².